The highest BCUT2D eigenvalue weighted by atomic mass is 16.6. The van der Waals surface area contributed by atoms with Crippen LogP contribution in [0.25, 0.3) is 0 Å². The van der Waals surface area contributed by atoms with E-state index in [1.54, 1.807) is 12.1 Å². The van der Waals surface area contributed by atoms with Crippen molar-refractivity contribution in [3.8, 4) is 0 Å². The number of hydrogen-bond donors (Lipinski definition) is 0. The molecule has 0 aliphatic carbocycles. The van der Waals surface area contributed by atoms with Crippen LogP contribution in [-0.2, 0) is 0 Å². The molecule has 0 saturated carbocycles. The fraction of sp³-hybridized carbons (Fsp3) is 0.533. The minimum absolute atomic E-state index is 0.0269. The quantitative estimate of drug-likeness (QED) is 0.483. The topological polar surface area (TPSA) is 63.5 Å². The SMILES string of the molecule is CC(=O)c1ccc(N2CC(C)CC(C)C2)c([N+](=O)[O-])c1. The molecule has 1 aliphatic rings. The van der Waals surface area contributed by atoms with E-state index in [2.05, 4.69) is 18.7 Å². The molecular weight excluding hydrogens is 256 g/mol. The van der Waals surface area contributed by atoms with Crippen LogP contribution < -0.4 is 4.90 Å². The summed E-state index contributed by atoms with van der Waals surface area (Å²) in [7, 11) is 0. The first-order chi connectivity index (χ1) is 9.38. The summed E-state index contributed by atoms with van der Waals surface area (Å²) in [5.74, 6) is 0.886. The molecule has 108 valence electrons. The Hall–Kier alpha value is -1.91. The molecule has 1 aromatic carbocycles. The standard InChI is InChI=1S/C15H20N2O3/c1-10-6-11(2)9-16(8-10)14-5-4-13(12(3)18)7-15(14)17(19)20/h4-5,7,10-11H,6,8-9H2,1-3H3. The Morgan fingerprint density at radius 2 is 1.90 bits per heavy atom. The molecule has 0 bridgehead atoms. The lowest BCUT2D eigenvalue weighted by Crippen LogP contribution is -2.39. The molecule has 1 fully saturated rings. The largest absolute Gasteiger partial charge is 0.365 e. The van der Waals surface area contributed by atoms with Gasteiger partial charge in [0, 0.05) is 24.7 Å². The molecule has 1 heterocycles. The van der Waals surface area contributed by atoms with E-state index in [1.807, 2.05) is 0 Å². The zero-order valence-corrected chi connectivity index (χ0v) is 12.1. The predicted molar refractivity (Wildman–Crippen MR) is 78.3 cm³/mol. The van der Waals surface area contributed by atoms with Crippen LogP contribution in [0, 0.1) is 22.0 Å². The second-order valence-electron chi connectivity index (χ2n) is 5.87. The van der Waals surface area contributed by atoms with E-state index >= 15 is 0 Å². The number of nitrogens with zero attached hydrogens (tertiary/aromatic N) is 2. The molecule has 2 atom stereocenters. The Bertz CT molecular complexity index is 532. The maximum absolute atomic E-state index is 11.4. The first-order valence-corrected chi connectivity index (χ1v) is 6.92. The van der Waals surface area contributed by atoms with Gasteiger partial charge in [0.15, 0.2) is 5.78 Å². The number of anilines is 1. The van der Waals surface area contributed by atoms with E-state index in [0.29, 0.717) is 23.1 Å². The van der Waals surface area contributed by atoms with Crippen molar-refractivity contribution in [3.63, 3.8) is 0 Å². The second-order valence-corrected chi connectivity index (χ2v) is 5.87. The number of nitro benzene ring substituents is 1. The maximum Gasteiger partial charge on any atom is 0.293 e. The highest BCUT2D eigenvalue weighted by molar-refractivity contribution is 5.95. The number of carbonyl (C=O) groups excluding carboxylic acids is 1. The molecule has 0 N–H and O–H groups in total. The van der Waals surface area contributed by atoms with Crippen LogP contribution in [-0.4, -0.2) is 23.8 Å². The Labute approximate surface area is 118 Å². The summed E-state index contributed by atoms with van der Waals surface area (Å²) in [5.41, 5.74) is 1.04. The van der Waals surface area contributed by atoms with Crippen molar-refractivity contribution in [1.29, 1.82) is 0 Å². The minimum Gasteiger partial charge on any atom is -0.365 e. The highest BCUT2D eigenvalue weighted by Crippen LogP contribution is 2.33. The van der Waals surface area contributed by atoms with Crippen LogP contribution in [0.3, 0.4) is 0 Å². The summed E-state index contributed by atoms with van der Waals surface area (Å²) in [6.07, 6.45) is 1.15. The van der Waals surface area contributed by atoms with Gasteiger partial charge in [-0.15, -0.1) is 0 Å². The van der Waals surface area contributed by atoms with Gasteiger partial charge in [0.05, 0.1) is 4.92 Å². The molecule has 1 aliphatic heterocycles. The summed E-state index contributed by atoms with van der Waals surface area (Å²) >= 11 is 0. The van der Waals surface area contributed by atoms with Crippen LogP contribution in [0.4, 0.5) is 11.4 Å². The lowest BCUT2D eigenvalue weighted by Gasteiger charge is -2.36. The van der Waals surface area contributed by atoms with Gasteiger partial charge in [-0.2, -0.15) is 0 Å². The monoisotopic (exact) mass is 276 g/mol. The number of hydrogen-bond acceptors (Lipinski definition) is 4. The van der Waals surface area contributed by atoms with E-state index in [1.165, 1.54) is 13.0 Å². The fourth-order valence-electron chi connectivity index (χ4n) is 3.02. The smallest absolute Gasteiger partial charge is 0.293 e. The van der Waals surface area contributed by atoms with E-state index < -0.39 is 4.92 Å². The first kappa shape index (κ1) is 14.5. The van der Waals surface area contributed by atoms with Gasteiger partial charge in [-0.3, -0.25) is 14.9 Å². The maximum atomic E-state index is 11.4. The molecule has 5 heteroatoms. The van der Waals surface area contributed by atoms with Crippen molar-refractivity contribution in [3.05, 3.63) is 33.9 Å². The number of nitro groups is 1. The molecule has 2 rings (SSSR count). The number of benzene rings is 1. The molecule has 2 unspecified atom stereocenters. The molecule has 1 aromatic rings. The molecule has 0 aromatic heterocycles. The van der Waals surface area contributed by atoms with Crippen LogP contribution in [0.2, 0.25) is 0 Å². The lowest BCUT2D eigenvalue weighted by molar-refractivity contribution is -0.384. The minimum atomic E-state index is -0.397. The third-order valence-corrected chi connectivity index (χ3v) is 3.79. The first-order valence-electron chi connectivity index (χ1n) is 6.92. The summed E-state index contributed by atoms with van der Waals surface area (Å²) in [6.45, 7) is 7.40. The number of rotatable bonds is 3. The highest BCUT2D eigenvalue weighted by Gasteiger charge is 2.27. The Balaban J connectivity index is 2.40. The summed E-state index contributed by atoms with van der Waals surface area (Å²) < 4.78 is 0. The van der Waals surface area contributed by atoms with Crippen LogP contribution in [0.15, 0.2) is 18.2 Å². The number of ketones is 1. The zero-order valence-electron chi connectivity index (χ0n) is 12.1. The van der Waals surface area contributed by atoms with Gasteiger partial charge >= 0.3 is 0 Å². The van der Waals surface area contributed by atoms with Gasteiger partial charge in [0.25, 0.3) is 5.69 Å². The van der Waals surface area contributed by atoms with Crippen LogP contribution >= 0.6 is 0 Å². The van der Waals surface area contributed by atoms with Crippen molar-refractivity contribution in [1.82, 2.24) is 0 Å². The molecule has 5 nitrogen and oxygen atoms in total. The van der Waals surface area contributed by atoms with Crippen molar-refractivity contribution in [2.45, 2.75) is 27.2 Å². The molecular formula is C15H20N2O3. The average Bonchev–Trinajstić information content (AvgIpc) is 2.36. The Morgan fingerprint density at radius 1 is 1.30 bits per heavy atom. The van der Waals surface area contributed by atoms with E-state index in [9.17, 15) is 14.9 Å². The molecule has 0 radical (unpaired) electrons. The predicted octanol–water partition coefficient (Wildman–Crippen LogP) is 3.28. The molecule has 0 amide bonds. The van der Waals surface area contributed by atoms with Gasteiger partial charge in [0.1, 0.15) is 5.69 Å². The van der Waals surface area contributed by atoms with Crippen LogP contribution in [0.5, 0.6) is 0 Å². The van der Waals surface area contributed by atoms with E-state index in [4.69, 9.17) is 0 Å². The van der Waals surface area contributed by atoms with Crippen molar-refractivity contribution in [2.75, 3.05) is 18.0 Å². The van der Waals surface area contributed by atoms with Crippen molar-refractivity contribution < 1.29 is 9.72 Å². The molecule has 20 heavy (non-hydrogen) atoms. The average molecular weight is 276 g/mol. The van der Waals surface area contributed by atoms with Gasteiger partial charge in [-0.25, -0.2) is 0 Å². The Morgan fingerprint density at radius 3 is 2.40 bits per heavy atom. The fourth-order valence-corrected chi connectivity index (χ4v) is 3.02. The second kappa shape index (κ2) is 5.61. The van der Waals surface area contributed by atoms with E-state index in [-0.39, 0.29) is 11.5 Å². The summed E-state index contributed by atoms with van der Waals surface area (Å²) in [4.78, 5) is 24.3. The van der Waals surface area contributed by atoms with Gasteiger partial charge < -0.3 is 4.90 Å². The normalized spacial score (nSPS) is 22.6. The number of Topliss-reactive ketones (excluding diaryl/α,β-unsaturated/α-hetero) is 1. The van der Waals surface area contributed by atoms with Gasteiger partial charge in [-0.05, 0) is 37.3 Å². The molecule has 1 saturated heterocycles. The van der Waals surface area contributed by atoms with E-state index in [0.717, 1.165) is 19.5 Å². The van der Waals surface area contributed by atoms with Gasteiger partial charge in [0.2, 0.25) is 0 Å². The lowest BCUT2D eigenvalue weighted by atomic mass is 9.91. The Kier molecular flexibility index (Phi) is 4.06. The zero-order chi connectivity index (χ0) is 14.9. The number of carbonyl (C=O) groups is 1. The van der Waals surface area contributed by atoms with Crippen molar-refractivity contribution in [2.24, 2.45) is 11.8 Å². The van der Waals surface area contributed by atoms with Gasteiger partial charge in [-0.1, -0.05) is 13.8 Å². The van der Waals surface area contributed by atoms with Crippen molar-refractivity contribution >= 4 is 17.2 Å². The summed E-state index contributed by atoms with van der Waals surface area (Å²) in [5, 5.41) is 11.3. The van der Waals surface area contributed by atoms with Crippen LogP contribution in [0.1, 0.15) is 37.6 Å². The summed E-state index contributed by atoms with van der Waals surface area (Å²) in [6, 6.07) is 4.77. The third-order valence-electron chi connectivity index (χ3n) is 3.79. The molecule has 0 spiro atoms. The number of piperidine rings is 1. The third kappa shape index (κ3) is 2.98.